The van der Waals surface area contributed by atoms with Crippen LogP contribution in [0.3, 0.4) is 0 Å². The number of hydrogen-bond acceptors (Lipinski definition) is 8. The molecule has 3 heterocycles. The summed E-state index contributed by atoms with van der Waals surface area (Å²) in [7, 11) is -4.82. The molecule has 3 saturated heterocycles. The zero-order valence-corrected chi connectivity index (χ0v) is 15.2. The predicted octanol–water partition coefficient (Wildman–Crippen LogP) is -1.07. The van der Waals surface area contributed by atoms with Crippen LogP contribution in [0.4, 0.5) is 4.79 Å². The minimum atomic E-state index is -4.82. The van der Waals surface area contributed by atoms with Crippen LogP contribution in [-0.4, -0.2) is 72.7 Å². The zero-order chi connectivity index (χ0) is 19.6. The summed E-state index contributed by atoms with van der Waals surface area (Å²) in [5.41, 5.74) is 2.33. The normalized spacial score (nSPS) is 30.4. The Morgan fingerprint density at radius 1 is 1.44 bits per heavy atom. The second-order valence-corrected chi connectivity index (χ2v) is 7.86. The number of nitrogens with zero attached hydrogens (tertiary/aromatic N) is 3. The van der Waals surface area contributed by atoms with E-state index in [1.54, 1.807) is 0 Å². The van der Waals surface area contributed by atoms with Crippen molar-refractivity contribution in [3.05, 3.63) is 0 Å². The van der Waals surface area contributed by atoms with E-state index in [2.05, 4.69) is 21.1 Å². The molecule has 3 amide bonds. The van der Waals surface area contributed by atoms with E-state index in [4.69, 9.17) is 14.7 Å². The summed E-state index contributed by atoms with van der Waals surface area (Å²) in [5, 5.41) is 12.5. The molecule has 13 heteroatoms. The molecule has 12 nitrogen and oxygen atoms in total. The van der Waals surface area contributed by atoms with Crippen molar-refractivity contribution >= 4 is 22.3 Å². The highest BCUT2D eigenvalue weighted by Gasteiger charge is 2.49. The van der Waals surface area contributed by atoms with Gasteiger partial charge in [0.25, 0.3) is 5.91 Å². The summed E-state index contributed by atoms with van der Waals surface area (Å²) >= 11 is 0. The molecule has 3 fully saturated rings. The lowest BCUT2D eigenvalue weighted by Gasteiger charge is -2.29. The molecular weight excluding hydrogens is 382 g/mol. The first-order chi connectivity index (χ1) is 12.8. The van der Waals surface area contributed by atoms with Gasteiger partial charge in [-0.2, -0.15) is 18.7 Å². The van der Waals surface area contributed by atoms with E-state index in [0.717, 1.165) is 13.0 Å². The summed E-state index contributed by atoms with van der Waals surface area (Å²) in [6.45, 7) is 1.08. The molecule has 0 aliphatic carbocycles. The van der Waals surface area contributed by atoms with Crippen LogP contribution >= 0.6 is 0 Å². The fraction of sp³-hybridized carbons (Fsp3) is 0.786. The molecule has 3 aliphatic heterocycles. The zero-order valence-electron chi connectivity index (χ0n) is 14.4. The quantitative estimate of drug-likeness (QED) is 0.355. The van der Waals surface area contributed by atoms with Gasteiger partial charge < -0.3 is 10.2 Å². The van der Waals surface area contributed by atoms with Crippen molar-refractivity contribution in [3.63, 3.8) is 0 Å². The molecule has 0 aromatic carbocycles. The highest BCUT2D eigenvalue weighted by Crippen LogP contribution is 2.30. The highest BCUT2D eigenvalue weighted by atomic mass is 32.3. The second-order valence-electron chi connectivity index (χ2n) is 6.86. The molecule has 0 aromatic rings. The van der Waals surface area contributed by atoms with Gasteiger partial charge in [0.15, 0.2) is 0 Å². The fourth-order valence-corrected chi connectivity index (χ4v) is 4.09. The number of urea groups is 1. The van der Waals surface area contributed by atoms with Crippen molar-refractivity contribution in [2.75, 3.05) is 19.7 Å². The number of carbonyl (C=O) groups excluding carboxylic acids is 2. The fourth-order valence-electron chi connectivity index (χ4n) is 3.70. The number of hydrogen-bond donors (Lipinski definition) is 3. The Labute approximate surface area is 156 Å². The Hall–Kier alpha value is -1.98. The number of hydroxylamine groups is 3. The van der Waals surface area contributed by atoms with Crippen LogP contribution in [0, 0.1) is 17.2 Å². The molecule has 0 spiro atoms. The Balaban J connectivity index is 1.47. The van der Waals surface area contributed by atoms with Crippen molar-refractivity contribution < 1.29 is 31.7 Å². The number of nitriles is 1. The van der Waals surface area contributed by atoms with E-state index >= 15 is 0 Å². The van der Waals surface area contributed by atoms with E-state index < -0.39 is 34.4 Å². The van der Waals surface area contributed by atoms with Crippen LogP contribution in [0.15, 0.2) is 0 Å². The van der Waals surface area contributed by atoms with Gasteiger partial charge in [0.05, 0.1) is 18.7 Å². The van der Waals surface area contributed by atoms with Crippen molar-refractivity contribution in [1.29, 1.82) is 5.26 Å². The summed E-state index contributed by atoms with van der Waals surface area (Å²) in [6.07, 6.45) is 1.90. The SMILES string of the molecule is N#CC[C@H]1CN[C@@H](CONC(=O)[C@@H]2CC[C@@H]3CN2C(=O)N3OS(=O)(=O)O)C1. The molecule has 0 radical (unpaired) electrons. The summed E-state index contributed by atoms with van der Waals surface area (Å²) in [5.74, 6) is -0.243. The molecule has 3 aliphatic rings. The average molecular weight is 403 g/mol. The first kappa shape index (κ1) is 19.8. The molecule has 150 valence electrons. The largest absolute Gasteiger partial charge is 0.418 e. The number of amides is 3. The molecule has 3 N–H and O–H groups in total. The molecule has 27 heavy (non-hydrogen) atoms. The van der Waals surface area contributed by atoms with Gasteiger partial charge in [0.2, 0.25) is 0 Å². The van der Waals surface area contributed by atoms with Crippen molar-refractivity contribution in [2.24, 2.45) is 5.92 Å². The molecule has 0 aromatic heterocycles. The molecule has 2 bridgehead atoms. The minimum absolute atomic E-state index is 0.0338. The monoisotopic (exact) mass is 403 g/mol. The van der Waals surface area contributed by atoms with Gasteiger partial charge in [-0.15, -0.1) is 4.28 Å². The third-order valence-electron chi connectivity index (χ3n) is 4.95. The van der Waals surface area contributed by atoms with Gasteiger partial charge >= 0.3 is 16.4 Å². The molecule has 3 rings (SSSR count). The number of carbonyl (C=O) groups is 2. The highest BCUT2D eigenvalue weighted by molar-refractivity contribution is 7.80. The second kappa shape index (κ2) is 7.95. The predicted molar refractivity (Wildman–Crippen MR) is 87.6 cm³/mol. The third kappa shape index (κ3) is 4.66. The molecular formula is C14H21N5O7S. The molecule has 0 saturated carbocycles. The maximum absolute atomic E-state index is 12.3. The number of rotatable bonds is 7. The minimum Gasteiger partial charge on any atom is -0.311 e. The summed E-state index contributed by atoms with van der Waals surface area (Å²) in [6, 6.07) is -0.00124. The van der Waals surface area contributed by atoms with E-state index in [-0.39, 0.29) is 25.1 Å². The maximum Gasteiger partial charge on any atom is 0.418 e. The lowest BCUT2D eigenvalue weighted by molar-refractivity contribution is -0.139. The number of nitrogens with one attached hydrogen (secondary N) is 2. The Morgan fingerprint density at radius 3 is 2.93 bits per heavy atom. The van der Waals surface area contributed by atoms with Gasteiger partial charge in [-0.1, -0.05) is 0 Å². The van der Waals surface area contributed by atoms with E-state index in [0.29, 0.717) is 24.3 Å². The van der Waals surface area contributed by atoms with Gasteiger partial charge in [-0.25, -0.2) is 10.3 Å². The number of fused-ring (bicyclic) bond motifs is 2. The van der Waals surface area contributed by atoms with Gasteiger partial charge in [0, 0.05) is 19.0 Å². The first-order valence-electron chi connectivity index (χ1n) is 8.57. The lowest BCUT2D eigenvalue weighted by Crippen LogP contribution is -2.50. The lowest BCUT2D eigenvalue weighted by atomic mass is 10.0. The molecule has 4 atom stereocenters. The van der Waals surface area contributed by atoms with Crippen LogP contribution in [-0.2, 0) is 24.3 Å². The van der Waals surface area contributed by atoms with Crippen molar-refractivity contribution in [1.82, 2.24) is 20.8 Å². The summed E-state index contributed by atoms with van der Waals surface area (Å²) < 4.78 is 34.8. The van der Waals surface area contributed by atoms with Crippen LogP contribution in [0.1, 0.15) is 25.7 Å². The van der Waals surface area contributed by atoms with Crippen LogP contribution < -0.4 is 10.8 Å². The Morgan fingerprint density at radius 2 is 2.22 bits per heavy atom. The van der Waals surface area contributed by atoms with E-state index in [9.17, 15) is 18.0 Å². The Bertz CT molecular complexity index is 739. The first-order valence-corrected chi connectivity index (χ1v) is 9.94. The van der Waals surface area contributed by atoms with Crippen LogP contribution in [0.2, 0.25) is 0 Å². The van der Waals surface area contributed by atoms with Gasteiger partial charge in [-0.3, -0.25) is 14.2 Å². The summed E-state index contributed by atoms with van der Waals surface area (Å²) in [4.78, 5) is 31.0. The van der Waals surface area contributed by atoms with Gasteiger partial charge in [-0.05, 0) is 31.7 Å². The van der Waals surface area contributed by atoms with Gasteiger partial charge in [0.1, 0.15) is 6.04 Å². The van der Waals surface area contributed by atoms with Crippen molar-refractivity contribution in [3.8, 4) is 6.07 Å². The van der Waals surface area contributed by atoms with Crippen LogP contribution in [0.5, 0.6) is 0 Å². The maximum atomic E-state index is 12.3. The Kier molecular flexibility index (Phi) is 5.82. The topological polar surface area (TPSA) is 161 Å². The third-order valence-corrected chi connectivity index (χ3v) is 5.30. The van der Waals surface area contributed by atoms with E-state index in [1.165, 1.54) is 4.90 Å². The molecule has 0 unspecified atom stereocenters. The van der Waals surface area contributed by atoms with Crippen LogP contribution in [0.25, 0.3) is 0 Å². The number of piperidine rings is 1. The average Bonchev–Trinajstić information content (AvgIpc) is 3.13. The van der Waals surface area contributed by atoms with E-state index in [1.807, 2.05) is 0 Å². The van der Waals surface area contributed by atoms with Crippen molar-refractivity contribution in [2.45, 2.75) is 43.8 Å². The smallest absolute Gasteiger partial charge is 0.311 e. The standard InChI is InChI=1S/C14H21N5O7S/c15-4-3-9-5-10(16-6-9)8-25-17-13(20)12-2-1-11-7-18(12)14(21)19(11)26-27(22,23)24/h9-12,16H,1-3,5-8H2,(H,17,20)(H,22,23,24)/t9-,10-,11-,12+/m1/s1.